The molecule has 1 rings (SSSR count). The lowest BCUT2D eigenvalue weighted by Gasteiger charge is -2.17. The Kier molecular flexibility index (Phi) is 3.48. The van der Waals surface area contributed by atoms with Gasteiger partial charge in [0.2, 0.25) is 0 Å². The van der Waals surface area contributed by atoms with Crippen LogP contribution in [0.4, 0.5) is 0 Å². The monoisotopic (exact) mass is 181 g/mol. The van der Waals surface area contributed by atoms with E-state index in [-0.39, 0.29) is 0 Å². The molecule has 0 saturated heterocycles. The fraction of sp³-hybridized carbons (Fsp3) is 0.700. The summed E-state index contributed by atoms with van der Waals surface area (Å²) in [6.45, 7) is 5.19. The molecule has 0 aliphatic rings. The van der Waals surface area contributed by atoms with E-state index >= 15 is 0 Å². The van der Waals surface area contributed by atoms with Crippen LogP contribution < -0.4 is 5.73 Å². The molecule has 0 spiro atoms. The van der Waals surface area contributed by atoms with E-state index in [1.165, 1.54) is 5.56 Å². The highest BCUT2D eigenvalue weighted by Crippen LogP contribution is 2.15. The smallest absolute Gasteiger partial charge is 0.0521 e. The summed E-state index contributed by atoms with van der Waals surface area (Å²) in [5.41, 5.74) is 6.99. The van der Waals surface area contributed by atoms with Crippen LogP contribution >= 0.6 is 0 Å². The molecule has 0 amide bonds. The van der Waals surface area contributed by atoms with Gasteiger partial charge in [0, 0.05) is 13.2 Å². The second kappa shape index (κ2) is 4.42. The molecule has 0 aliphatic heterocycles. The molecule has 0 aromatic carbocycles. The van der Waals surface area contributed by atoms with Crippen molar-refractivity contribution in [3.63, 3.8) is 0 Å². The topological polar surface area (TPSA) is 43.8 Å². The summed E-state index contributed by atoms with van der Waals surface area (Å²) in [7, 11) is 1.94. The molecule has 0 saturated carbocycles. The zero-order chi connectivity index (χ0) is 9.84. The first-order valence-corrected chi connectivity index (χ1v) is 4.81. The maximum Gasteiger partial charge on any atom is 0.0521 e. The number of nitrogens with zero attached hydrogens (tertiary/aromatic N) is 2. The second-order valence-electron chi connectivity index (χ2n) is 3.97. The Balaban J connectivity index is 2.56. The normalized spacial score (nSPS) is 13.6. The highest BCUT2D eigenvalue weighted by molar-refractivity contribution is 5.05. The Labute approximate surface area is 79.9 Å². The van der Waals surface area contributed by atoms with Crippen molar-refractivity contribution in [1.82, 2.24) is 9.78 Å². The van der Waals surface area contributed by atoms with Crippen LogP contribution in [0.2, 0.25) is 0 Å². The van der Waals surface area contributed by atoms with Gasteiger partial charge in [0.1, 0.15) is 0 Å². The summed E-state index contributed by atoms with van der Waals surface area (Å²) in [5, 5.41) is 4.14. The molecule has 0 fully saturated rings. The molecule has 3 nitrogen and oxygen atoms in total. The van der Waals surface area contributed by atoms with Crippen LogP contribution in [0.1, 0.15) is 19.4 Å². The third-order valence-corrected chi connectivity index (χ3v) is 2.50. The Morgan fingerprint density at radius 2 is 2.23 bits per heavy atom. The SMILES string of the molecule is CC(C)C(CN)Cc1cnn(C)c1. The van der Waals surface area contributed by atoms with Crippen LogP contribution in [0, 0.1) is 11.8 Å². The summed E-state index contributed by atoms with van der Waals surface area (Å²) >= 11 is 0. The molecule has 3 heteroatoms. The van der Waals surface area contributed by atoms with Crippen LogP contribution in [0.25, 0.3) is 0 Å². The lowest BCUT2D eigenvalue weighted by Crippen LogP contribution is -2.21. The summed E-state index contributed by atoms with van der Waals surface area (Å²) in [5.74, 6) is 1.22. The third kappa shape index (κ3) is 2.84. The maximum absolute atomic E-state index is 5.70. The van der Waals surface area contributed by atoms with Crippen molar-refractivity contribution in [3.8, 4) is 0 Å². The van der Waals surface area contributed by atoms with E-state index in [4.69, 9.17) is 5.73 Å². The summed E-state index contributed by atoms with van der Waals surface area (Å²) in [6, 6.07) is 0. The van der Waals surface area contributed by atoms with Crippen molar-refractivity contribution in [2.24, 2.45) is 24.6 Å². The summed E-state index contributed by atoms with van der Waals surface area (Å²) < 4.78 is 1.84. The van der Waals surface area contributed by atoms with Gasteiger partial charge in [-0.2, -0.15) is 5.10 Å². The average molecular weight is 181 g/mol. The van der Waals surface area contributed by atoms with Crippen molar-refractivity contribution < 1.29 is 0 Å². The number of hydrogen-bond acceptors (Lipinski definition) is 2. The largest absolute Gasteiger partial charge is 0.330 e. The molecule has 0 aliphatic carbocycles. The summed E-state index contributed by atoms with van der Waals surface area (Å²) in [4.78, 5) is 0. The van der Waals surface area contributed by atoms with Crippen LogP contribution in [0.3, 0.4) is 0 Å². The highest BCUT2D eigenvalue weighted by atomic mass is 15.2. The number of rotatable bonds is 4. The summed E-state index contributed by atoms with van der Waals surface area (Å²) in [6.07, 6.45) is 5.03. The van der Waals surface area contributed by atoms with Crippen LogP contribution in [0.15, 0.2) is 12.4 Å². The lowest BCUT2D eigenvalue weighted by atomic mass is 9.90. The highest BCUT2D eigenvalue weighted by Gasteiger charge is 2.12. The van der Waals surface area contributed by atoms with E-state index in [9.17, 15) is 0 Å². The van der Waals surface area contributed by atoms with Gasteiger partial charge in [0.15, 0.2) is 0 Å². The molecule has 13 heavy (non-hydrogen) atoms. The second-order valence-corrected chi connectivity index (χ2v) is 3.97. The fourth-order valence-electron chi connectivity index (χ4n) is 1.47. The van der Waals surface area contributed by atoms with Gasteiger partial charge < -0.3 is 5.73 Å². The van der Waals surface area contributed by atoms with E-state index in [0.717, 1.165) is 13.0 Å². The first kappa shape index (κ1) is 10.3. The quantitative estimate of drug-likeness (QED) is 0.758. The third-order valence-electron chi connectivity index (χ3n) is 2.50. The molecule has 1 unspecified atom stereocenters. The van der Waals surface area contributed by atoms with Crippen LogP contribution in [-0.4, -0.2) is 16.3 Å². The first-order chi connectivity index (χ1) is 6.13. The van der Waals surface area contributed by atoms with Crippen molar-refractivity contribution in [2.75, 3.05) is 6.54 Å². The van der Waals surface area contributed by atoms with E-state index < -0.39 is 0 Å². The molecule has 0 bridgehead atoms. The van der Waals surface area contributed by atoms with Crippen molar-refractivity contribution in [3.05, 3.63) is 18.0 Å². The van der Waals surface area contributed by atoms with Crippen molar-refractivity contribution >= 4 is 0 Å². The minimum atomic E-state index is 0.573. The Hall–Kier alpha value is -0.830. The van der Waals surface area contributed by atoms with Gasteiger partial charge in [0.25, 0.3) is 0 Å². The van der Waals surface area contributed by atoms with Gasteiger partial charge >= 0.3 is 0 Å². The maximum atomic E-state index is 5.70. The Morgan fingerprint density at radius 1 is 1.54 bits per heavy atom. The molecule has 1 aromatic rings. The standard InChI is InChI=1S/C10H19N3/c1-8(2)10(5-11)4-9-6-12-13(3)7-9/h6-8,10H,4-5,11H2,1-3H3. The Bertz CT molecular complexity index is 252. The van der Waals surface area contributed by atoms with E-state index in [0.29, 0.717) is 11.8 Å². The van der Waals surface area contributed by atoms with Gasteiger partial charge in [-0.15, -0.1) is 0 Å². The first-order valence-electron chi connectivity index (χ1n) is 4.81. The molecule has 1 atom stereocenters. The predicted molar refractivity (Wildman–Crippen MR) is 54.3 cm³/mol. The number of aromatic nitrogens is 2. The zero-order valence-corrected chi connectivity index (χ0v) is 8.70. The van der Waals surface area contributed by atoms with Crippen molar-refractivity contribution in [1.29, 1.82) is 0 Å². The van der Waals surface area contributed by atoms with Crippen LogP contribution in [-0.2, 0) is 13.5 Å². The molecule has 1 heterocycles. The van der Waals surface area contributed by atoms with Gasteiger partial charge in [0.05, 0.1) is 6.20 Å². The molecular weight excluding hydrogens is 162 g/mol. The zero-order valence-electron chi connectivity index (χ0n) is 8.70. The molecular formula is C10H19N3. The van der Waals surface area contributed by atoms with Crippen molar-refractivity contribution in [2.45, 2.75) is 20.3 Å². The van der Waals surface area contributed by atoms with Gasteiger partial charge in [-0.1, -0.05) is 13.8 Å². The average Bonchev–Trinajstić information content (AvgIpc) is 2.46. The van der Waals surface area contributed by atoms with Gasteiger partial charge in [-0.25, -0.2) is 0 Å². The molecule has 1 aromatic heterocycles. The predicted octanol–water partition coefficient (Wildman–Crippen LogP) is 1.19. The van der Waals surface area contributed by atoms with Gasteiger partial charge in [-0.3, -0.25) is 4.68 Å². The van der Waals surface area contributed by atoms with Gasteiger partial charge in [-0.05, 0) is 30.4 Å². The van der Waals surface area contributed by atoms with Crippen LogP contribution in [0.5, 0.6) is 0 Å². The molecule has 2 N–H and O–H groups in total. The Morgan fingerprint density at radius 3 is 2.62 bits per heavy atom. The minimum absolute atomic E-state index is 0.573. The van der Waals surface area contributed by atoms with E-state index in [1.54, 1.807) is 0 Å². The minimum Gasteiger partial charge on any atom is -0.330 e. The number of aryl methyl sites for hydroxylation is 1. The number of nitrogens with two attached hydrogens (primary N) is 1. The number of hydrogen-bond donors (Lipinski definition) is 1. The van der Waals surface area contributed by atoms with E-state index in [1.807, 2.05) is 17.9 Å². The lowest BCUT2D eigenvalue weighted by molar-refractivity contribution is 0.392. The van der Waals surface area contributed by atoms with E-state index in [2.05, 4.69) is 25.1 Å². The molecule has 0 radical (unpaired) electrons. The molecule has 74 valence electrons. The fourth-order valence-corrected chi connectivity index (χ4v) is 1.47.